The van der Waals surface area contributed by atoms with E-state index in [9.17, 15) is 13.6 Å². The molecule has 1 aliphatic heterocycles. The van der Waals surface area contributed by atoms with E-state index in [-0.39, 0.29) is 24.1 Å². The van der Waals surface area contributed by atoms with Gasteiger partial charge in [0.25, 0.3) is 0 Å². The molecule has 0 spiro atoms. The first kappa shape index (κ1) is 19.6. The second kappa shape index (κ2) is 10.4. The molecule has 1 N–H and O–H groups in total. The molecule has 130 valence electrons. The lowest BCUT2D eigenvalue weighted by Gasteiger charge is -2.20. The van der Waals surface area contributed by atoms with Gasteiger partial charge in [-0.05, 0) is 30.5 Å². The Morgan fingerprint density at radius 1 is 1.17 bits per heavy atom. The van der Waals surface area contributed by atoms with Crippen molar-refractivity contribution in [2.75, 3.05) is 19.6 Å². The van der Waals surface area contributed by atoms with E-state index < -0.39 is 6.61 Å². The fraction of sp³-hybridized carbons (Fsp3) is 0.562. The topological polar surface area (TPSA) is 41.6 Å². The highest BCUT2D eigenvalue weighted by Gasteiger charge is 2.15. The minimum atomic E-state index is -2.80. The van der Waals surface area contributed by atoms with E-state index >= 15 is 0 Å². The van der Waals surface area contributed by atoms with Gasteiger partial charge in [0.2, 0.25) is 5.91 Å². The van der Waals surface area contributed by atoms with Crippen LogP contribution in [0.5, 0.6) is 5.75 Å². The van der Waals surface area contributed by atoms with Gasteiger partial charge in [0.1, 0.15) is 5.75 Å². The summed E-state index contributed by atoms with van der Waals surface area (Å²) in [5, 5.41) is 3.27. The van der Waals surface area contributed by atoms with Crippen LogP contribution >= 0.6 is 12.4 Å². The van der Waals surface area contributed by atoms with Gasteiger partial charge in [-0.25, -0.2) is 0 Å². The number of alkyl halides is 2. The minimum Gasteiger partial charge on any atom is -0.435 e. The van der Waals surface area contributed by atoms with Crippen molar-refractivity contribution in [3.63, 3.8) is 0 Å². The van der Waals surface area contributed by atoms with Crippen molar-refractivity contribution in [2.45, 2.75) is 38.8 Å². The summed E-state index contributed by atoms with van der Waals surface area (Å²) in [6.07, 6.45) is 3.86. The van der Waals surface area contributed by atoms with Gasteiger partial charge in [-0.3, -0.25) is 4.79 Å². The van der Waals surface area contributed by atoms with Crippen molar-refractivity contribution < 1.29 is 18.3 Å². The van der Waals surface area contributed by atoms with Crippen LogP contribution in [0.1, 0.15) is 31.2 Å². The van der Waals surface area contributed by atoms with Crippen LogP contribution in [-0.2, 0) is 11.3 Å². The molecule has 1 amide bonds. The van der Waals surface area contributed by atoms with Gasteiger partial charge in [0.05, 0.1) is 0 Å². The van der Waals surface area contributed by atoms with Crippen LogP contribution in [0.25, 0.3) is 0 Å². The van der Waals surface area contributed by atoms with Crippen LogP contribution in [0.3, 0.4) is 0 Å². The number of hydrogen-bond donors (Lipinski definition) is 1. The Balaban J connectivity index is 0.00000264. The summed E-state index contributed by atoms with van der Waals surface area (Å²) in [5.74, 6) is 0.404. The van der Waals surface area contributed by atoms with Gasteiger partial charge in [0.15, 0.2) is 0 Å². The van der Waals surface area contributed by atoms with Gasteiger partial charge in [-0.1, -0.05) is 18.6 Å². The predicted octanol–water partition coefficient (Wildman–Crippen LogP) is 3.20. The Morgan fingerprint density at radius 2 is 1.91 bits per heavy atom. The van der Waals surface area contributed by atoms with Crippen LogP contribution in [0.4, 0.5) is 8.78 Å². The molecule has 1 aromatic carbocycles. The van der Waals surface area contributed by atoms with Crippen molar-refractivity contribution in [3.05, 3.63) is 29.8 Å². The van der Waals surface area contributed by atoms with Gasteiger partial charge < -0.3 is 15.0 Å². The van der Waals surface area contributed by atoms with Crippen molar-refractivity contribution in [2.24, 2.45) is 0 Å². The van der Waals surface area contributed by atoms with Crippen molar-refractivity contribution in [3.8, 4) is 5.75 Å². The Labute approximate surface area is 141 Å². The van der Waals surface area contributed by atoms with Crippen LogP contribution in [0.15, 0.2) is 24.3 Å². The summed E-state index contributed by atoms with van der Waals surface area (Å²) in [7, 11) is 0. The summed E-state index contributed by atoms with van der Waals surface area (Å²) in [5.41, 5.74) is 0.990. The lowest BCUT2D eigenvalue weighted by molar-refractivity contribution is -0.130. The summed E-state index contributed by atoms with van der Waals surface area (Å²) in [6, 6.07) is 6.56. The number of halogens is 3. The number of rotatable bonds is 7. The molecule has 0 radical (unpaired) electrons. The Bertz CT molecular complexity index is 472. The molecule has 0 saturated carbocycles. The highest BCUT2D eigenvalue weighted by molar-refractivity contribution is 5.85. The van der Waals surface area contributed by atoms with E-state index in [1.54, 1.807) is 12.1 Å². The lowest BCUT2D eigenvalue weighted by Crippen LogP contribution is -2.36. The Hall–Kier alpha value is -1.40. The molecular formula is C16H23ClF2N2O2. The maximum atomic E-state index is 12.0. The van der Waals surface area contributed by atoms with E-state index in [0.29, 0.717) is 19.5 Å². The maximum Gasteiger partial charge on any atom is 0.387 e. The van der Waals surface area contributed by atoms with Crippen molar-refractivity contribution in [1.82, 2.24) is 10.2 Å². The number of carbonyl (C=O) groups is 1. The number of benzene rings is 1. The molecule has 4 nitrogen and oxygen atoms in total. The van der Waals surface area contributed by atoms with E-state index in [0.717, 1.165) is 37.9 Å². The number of amides is 1. The van der Waals surface area contributed by atoms with Gasteiger partial charge in [0, 0.05) is 32.6 Å². The first-order valence-electron chi connectivity index (χ1n) is 7.67. The van der Waals surface area contributed by atoms with Crippen LogP contribution in [0, 0.1) is 0 Å². The highest BCUT2D eigenvalue weighted by atomic mass is 35.5. The number of nitrogens with one attached hydrogen (secondary N) is 1. The molecule has 7 heteroatoms. The van der Waals surface area contributed by atoms with Gasteiger partial charge in [-0.15, -0.1) is 12.4 Å². The monoisotopic (exact) mass is 348 g/mol. The molecule has 0 unspecified atom stereocenters. The molecule has 0 atom stereocenters. The van der Waals surface area contributed by atoms with Gasteiger partial charge in [-0.2, -0.15) is 8.78 Å². The first-order valence-corrected chi connectivity index (χ1v) is 7.67. The third-order valence-corrected chi connectivity index (χ3v) is 3.71. The number of nitrogens with zero attached hydrogens (tertiary/aromatic N) is 1. The number of hydrogen-bond acceptors (Lipinski definition) is 3. The Kier molecular flexibility index (Phi) is 8.87. The second-order valence-corrected chi connectivity index (χ2v) is 5.39. The van der Waals surface area contributed by atoms with E-state index in [2.05, 4.69) is 10.1 Å². The predicted molar refractivity (Wildman–Crippen MR) is 87.1 cm³/mol. The zero-order valence-electron chi connectivity index (χ0n) is 13.0. The number of likely N-dealkylation sites (tertiary alicyclic amines) is 1. The van der Waals surface area contributed by atoms with E-state index in [1.165, 1.54) is 12.1 Å². The average molecular weight is 349 g/mol. The molecular weight excluding hydrogens is 326 g/mol. The maximum absolute atomic E-state index is 12.0. The third kappa shape index (κ3) is 7.14. The summed E-state index contributed by atoms with van der Waals surface area (Å²) >= 11 is 0. The van der Waals surface area contributed by atoms with Gasteiger partial charge >= 0.3 is 6.61 Å². The standard InChI is InChI=1S/C16H22F2N2O2.ClH/c17-16(18)22-14-7-5-13(6-8-14)12-19-9-11-20-10-3-1-2-4-15(20)21;/h5-8,16,19H,1-4,9-12H2;1H. The zero-order chi connectivity index (χ0) is 15.8. The highest BCUT2D eigenvalue weighted by Crippen LogP contribution is 2.15. The second-order valence-electron chi connectivity index (χ2n) is 5.39. The molecule has 0 bridgehead atoms. The fourth-order valence-electron chi connectivity index (χ4n) is 2.51. The molecule has 0 aliphatic carbocycles. The zero-order valence-corrected chi connectivity index (χ0v) is 13.8. The smallest absolute Gasteiger partial charge is 0.387 e. The first-order chi connectivity index (χ1) is 10.6. The van der Waals surface area contributed by atoms with Crippen LogP contribution in [0.2, 0.25) is 0 Å². The van der Waals surface area contributed by atoms with Crippen molar-refractivity contribution >= 4 is 18.3 Å². The summed E-state index contributed by atoms with van der Waals surface area (Å²) in [6.45, 7) is 0.124. The molecule has 2 rings (SSSR count). The van der Waals surface area contributed by atoms with Crippen LogP contribution in [-0.4, -0.2) is 37.1 Å². The average Bonchev–Trinajstić information content (AvgIpc) is 2.69. The lowest BCUT2D eigenvalue weighted by atomic mass is 10.2. The molecule has 1 heterocycles. The number of ether oxygens (including phenoxy) is 1. The summed E-state index contributed by atoms with van der Waals surface area (Å²) in [4.78, 5) is 13.7. The third-order valence-electron chi connectivity index (χ3n) is 3.71. The molecule has 1 aromatic rings. The summed E-state index contributed by atoms with van der Waals surface area (Å²) < 4.78 is 28.4. The normalized spacial score (nSPS) is 15.3. The molecule has 0 aromatic heterocycles. The molecule has 23 heavy (non-hydrogen) atoms. The number of carbonyl (C=O) groups excluding carboxylic acids is 1. The SMILES string of the molecule is Cl.O=C1CCCCCN1CCNCc1ccc(OC(F)F)cc1. The molecule has 1 aliphatic rings. The molecule has 1 saturated heterocycles. The largest absolute Gasteiger partial charge is 0.435 e. The van der Waals surface area contributed by atoms with E-state index in [4.69, 9.17) is 0 Å². The Morgan fingerprint density at radius 3 is 2.61 bits per heavy atom. The fourth-order valence-corrected chi connectivity index (χ4v) is 2.51. The van der Waals surface area contributed by atoms with Crippen LogP contribution < -0.4 is 10.1 Å². The van der Waals surface area contributed by atoms with Crippen molar-refractivity contribution in [1.29, 1.82) is 0 Å². The minimum absolute atomic E-state index is 0. The molecule has 1 fully saturated rings. The quantitative estimate of drug-likeness (QED) is 0.769. The van der Waals surface area contributed by atoms with E-state index in [1.807, 2.05) is 4.90 Å².